The molecule has 0 radical (unpaired) electrons. The minimum absolute atomic E-state index is 0.637. The number of halogens is 1. The van der Waals surface area contributed by atoms with Gasteiger partial charge in [0.05, 0.1) is 5.41 Å². The van der Waals surface area contributed by atoms with Gasteiger partial charge in [0.1, 0.15) is 0 Å². The van der Waals surface area contributed by atoms with Crippen LogP contribution in [0.3, 0.4) is 0 Å². The zero-order valence-electron chi connectivity index (χ0n) is 6.83. The zero-order valence-corrected chi connectivity index (χ0v) is 8.41. The summed E-state index contributed by atoms with van der Waals surface area (Å²) in [6.45, 7) is 0. The van der Waals surface area contributed by atoms with Gasteiger partial charge in [0.25, 0.3) is 0 Å². The summed E-state index contributed by atoms with van der Waals surface area (Å²) < 4.78 is 0.787. The van der Waals surface area contributed by atoms with Crippen LogP contribution in [0, 0.1) is 0 Å². The molecular formula is C9H8BrNO2. The molecule has 1 heterocycles. The van der Waals surface area contributed by atoms with E-state index >= 15 is 0 Å². The normalized spacial score (nSPS) is 18.2. The molecule has 1 N–H and O–H groups in total. The Bertz CT molecular complexity index is 360. The molecule has 2 rings (SSSR count). The van der Waals surface area contributed by atoms with Crippen LogP contribution < -0.4 is 0 Å². The second kappa shape index (κ2) is 2.80. The van der Waals surface area contributed by atoms with Crippen molar-refractivity contribution in [2.75, 3.05) is 0 Å². The van der Waals surface area contributed by atoms with Crippen LogP contribution in [0.1, 0.15) is 18.4 Å². The van der Waals surface area contributed by atoms with Gasteiger partial charge in [0, 0.05) is 16.9 Å². The van der Waals surface area contributed by atoms with Gasteiger partial charge >= 0.3 is 5.97 Å². The molecule has 1 aliphatic carbocycles. The van der Waals surface area contributed by atoms with Gasteiger partial charge in [0.2, 0.25) is 0 Å². The topological polar surface area (TPSA) is 50.2 Å². The molecule has 0 atom stereocenters. The van der Waals surface area contributed by atoms with E-state index in [1.54, 1.807) is 18.5 Å². The highest BCUT2D eigenvalue weighted by Crippen LogP contribution is 2.50. The van der Waals surface area contributed by atoms with Crippen LogP contribution in [0.4, 0.5) is 0 Å². The summed E-state index contributed by atoms with van der Waals surface area (Å²) in [5, 5.41) is 9.04. The number of aromatic nitrogens is 1. The lowest BCUT2D eigenvalue weighted by molar-refractivity contribution is -0.140. The van der Waals surface area contributed by atoms with Crippen molar-refractivity contribution in [3.8, 4) is 0 Å². The van der Waals surface area contributed by atoms with E-state index in [0.717, 1.165) is 22.9 Å². The Morgan fingerprint density at radius 1 is 1.62 bits per heavy atom. The Morgan fingerprint density at radius 3 is 2.77 bits per heavy atom. The fraction of sp³-hybridized carbons (Fsp3) is 0.333. The lowest BCUT2D eigenvalue weighted by atomic mass is 9.98. The van der Waals surface area contributed by atoms with E-state index in [0.29, 0.717) is 0 Å². The number of carbonyl (C=O) groups is 1. The Morgan fingerprint density at radius 2 is 2.31 bits per heavy atom. The summed E-state index contributed by atoms with van der Waals surface area (Å²) in [5.74, 6) is -0.737. The molecule has 1 fully saturated rings. The molecule has 0 spiro atoms. The molecular weight excluding hydrogens is 234 g/mol. The van der Waals surface area contributed by atoms with E-state index in [4.69, 9.17) is 5.11 Å². The first-order valence-corrected chi connectivity index (χ1v) is 4.79. The van der Waals surface area contributed by atoms with Crippen LogP contribution in [-0.4, -0.2) is 16.1 Å². The molecule has 0 bridgehead atoms. The minimum Gasteiger partial charge on any atom is -0.481 e. The Hall–Kier alpha value is -0.900. The molecule has 0 aliphatic heterocycles. The average molecular weight is 242 g/mol. The Balaban J connectivity index is 2.47. The summed E-state index contributed by atoms with van der Waals surface area (Å²) >= 11 is 3.31. The van der Waals surface area contributed by atoms with E-state index in [1.807, 2.05) is 0 Å². The predicted octanol–water partition coefficient (Wildman–Crippen LogP) is 1.96. The van der Waals surface area contributed by atoms with Gasteiger partial charge in [-0.1, -0.05) is 0 Å². The summed E-state index contributed by atoms with van der Waals surface area (Å²) in [6, 6.07) is 1.77. The first-order chi connectivity index (χ1) is 6.17. The molecule has 0 unspecified atom stereocenters. The van der Waals surface area contributed by atoms with Crippen LogP contribution in [0.25, 0.3) is 0 Å². The van der Waals surface area contributed by atoms with E-state index in [9.17, 15) is 4.79 Å². The molecule has 0 aromatic carbocycles. The van der Waals surface area contributed by atoms with Crippen molar-refractivity contribution in [1.29, 1.82) is 0 Å². The Kier molecular flexibility index (Phi) is 1.87. The molecule has 1 aliphatic rings. The van der Waals surface area contributed by atoms with Crippen molar-refractivity contribution in [2.45, 2.75) is 18.3 Å². The predicted molar refractivity (Wildman–Crippen MR) is 50.5 cm³/mol. The van der Waals surface area contributed by atoms with E-state index in [2.05, 4.69) is 20.9 Å². The maximum Gasteiger partial charge on any atom is 0.314 e. The number of nitrogens with zero attached hydrogens (tertiary/aromatic N) is 1. The first-order valence-electron chi connectivity index (χ1n) is 4.00. The SMILES string of the molecule is O=C(O)C1(c2ccncc2Br)CC1. The highest BCUT2D eigenvalue weighted by atomic mass is 79.9. The minimum atomic E-state index is -0.737. The van der Waals surface area contributed by atoms with E-state index in [1.165, 1.54) is 0 Å². The van der Waals surface area contributed by atoms with Gasteiger partial charge in [0.15, 0.2) is 0 Å². The van der Waals surface area contributed by atoms with E-state index in [-0.39, 0.29) is 0 Å². The standard InChI is InChI=1S/C9H8BrNO2/c10-7-5-11-4-1-6(7)9(2-3-9)8(12)13/h1,4-5H,2-3H2,(H,12,13). The summed E-state index contributed by atoms with van der Waals surface area (Å²) in [7, 11) is 0. The number of rotatable bonds is 2. The number of pyridine rings is 1. The van der Waals surface area contributed by atoms with Gasteiger partial charge in [-0.15, -0.1) is 0 Å². The molecule has 0 amide bonds. The number of carboxylic acid groups (broad SMARTS) is 1. The fourth-order valence-corrected chi connectivity index (χ4v) is 2.12. The zero-order chi connectivity index (χ0) is 9.47. The maximum absolute atomic E-state index is 11.0. The van der Waals surface area contributed by atoms with Crippen molar-refractivity contribution >= 4 is 21.9 Å². The van der Waals surface area contributed by atoms with E-state index < -0.39 is 11.4 Å². The van der Waals surface area contributed by atoms with Crippen molar-refractivity contribution in [3.63, 3.8) is 0 Å². The molecule has 13 heavy (non-hydrogen) atoms. The Labute approximate surface area is 83.9 Å². The molecule has 68 valence electrons. The average Bonchev–Trinajstić information content (AvgIpc) is 2.85. The number of carboxylic acids is 1. The van der Waals surface area contributed by atoms with Crippen molar-refractivity contribution in [1.82, 2.24) is 4.98 Å². The second-order valence-corrected chi connectivity index (χ2v) is 4.10. The maximum atomic E-state index is 11.0. The molecule has 0 saturated heterocycles. The van der Waals surface area contributed by atoms with Crippen LogP contribution in [0.2, 0.25) is 0 Å². The molecule has 4 heteroatoms. The third-order valence-electron chi connectivity index (χ3n) is 2.45. The summed E-state index contributed by atoms with van der Waals surface area (Å²) in [5.41, 5.74) is 0.205. The summed E-state index contributed by atoms with van der Waals surface area (Å²) in [4.78, 5) is 14.9. The van der Waals surface area contributed by atoms with Crippen LogP contribution >= 0.6 is 15.9 Å². The fourth-order valence-electron chi connectivity index (χ4n) is 1.49. The van der Waals surface area contributed by atoms with Gasteiger partial charge in [-0.3, -0.25) is 9.78 Å². The van der Waals surface area contributed by atoms with Crippen LogP contribution in [0.15, 0.2) is 22.9 Å². The van der Waals surface area contributed by atoms with Crippen molar-refractivity contribution in [2.24, 2.45) is 0 Å². The lowest BCUT2D eigenvalue weighted by Crippen LogP contribution is -2.19. The first kappa shape index (κ1) is 8.69. The van der Waals surface area contributed by atoms with Crippen molar-refractivity contribution in [3.05, 3.63) is 28.5 Å². The molecule has 3 nitrogen and oxygen atoms in total. The van der Waals surface area contributed by atoms with Crippen LogP contribution in [-0.2, 0) is 10.2 Å². The van der Waals surface area contributed by atoms with Gasteiger partial charge in [-0.2, -0.15) is 0 Å². The van der Waals surface area contributed by atoms with Gasteiger partial charge in [-0.05, 0) is 40.4 Å². The van der Waals surface area contributed by atoms with Gasteiger partial charge in [-0.25, -0.2) is 0 Å². The third-order valence-corrected chi connectivity index (χ3v) is 3.08. The highest BCUT2D eigenvalue weighted by molar-refractivity contribution is 9.10. The lowest BCUT2D eigenvalue weighted by Gasteiger charge is -2.10. The molecule has 1 aromatic heterocycles. The highest BCUT2D eigenvalue weighted by Gasteiger charge is 2.52. The molecule has 1 aromatic rings. The monoisotopic (exact) mass is 241 g/mol. The number of hydrogen-bond donors (Lipinski definition) is 1. The largest absolute Gasteiger partial charge is 0.481 e. The van der Waals surface area contributed by atoms with Gasteiger partial charge < -0.3 is 5.11 Å². The van der Waals surface area contributed by atoms with Crippen LogP contribution in [0.5, 0.6) is 0 Å². The molecule has 1 saturated carbocycles. The number of hydrogen-bond acceptors (Lipinski definition) is 2. The second-order valence-electron chi connectivity index (χ2n) is 3.24. The smallest absolute Gasteiger partial charge is 0.314 e. The quantitative estimate of drug-likeness (QED) is 0.862. The van der Waals surface area contributed by atoms with Crippen molar-refractivity contribution < 1.29 is 9.90 Å². The number of aliphatic carboxylic acids is 1. The third kappa shape index (κ3) is 1.25. The summed E-state index contributed by atoms with van der Waals surface area (Å²) in [6.07, 6.45) is 4.72.